The number of carbonyl (C=O) groups is 1. The van der Waals surface area contributed by atoms with E-state index in [1.54, 1.807) is 4.90 Å². The summed E-state index contributed by atoms with van der Waals surface area (Å²) in [5.41, 5.74) is 0. The van der Waals surface area contributed by atoms with Crippen molar-refractivity contribution in [3.8, 4) is 0 Å². The summed E-state index contributed by atoms with van der Waals surface area (Å²) in [7, 11) is -3.89. The van der Waals surface area contributed by atoms with Gasteiger partial charge in [0.25, 0.3) is 0 Å². The predicted octanol–water partition coefficient (Wildman–Crippen LogP) is 1.13. The summed E-state index contributed by atoms with van der Waals surface area (Å²) in [6, 6.07) is 4.12. The van der Waals surface area contributed by atoms with E-state index >= 15 is 0 Å². The van der Waals surface area contributed by atoms with Crippen molar-refractivity contribution in [3.63, 3.8) is 0 Å². The van der Waals surface area contributed by atoms with Gasteiger partial charge in [-0.15, -0.1) is 0 Å². The molecular formula is C12H14Cl2N2O4S. The fraction of sp³-hybridized carbons (Fsp3) is 0.417. The van der Waals surface area contributed by atoms with Crippen LogP contribution in [0.25, 0.3) is 0 Å². The van der Waals surface area contributed by atoms with Crippen molar-refractivity contribution >= 4 is 39.1 Å². The van der Waals surface area contributed by atoms with E-state index in [-0.39, 0.29) is 27.4 Å². The van der Waals surface area contributed by atoms with Gasteiger partial charge in [-0.2, -0.15) is 0 Å². The molecule has 1 aromatic carbocycles. The number of hydrogen-bond acceptors (Lipinski definition) is 4. The number of morpholine rings is 1. The zero-order chi connectivity index (χ0) is 15.5. The smallest absolute Gasteiger partial charge is 0.242 e. The standard InChI is InChI=1S/C12H14Cl2N2O4S/c13-9-1-2-10(14)11(7-9)21(18,19)15-8-12(17)16-3-5-20-6-4-16/h1-2,7,15H,3-6,8H2. The highest BCUT2D eigenvalue weighted by atomic mass is 35.5. The van der Waals surface area contributed by atoms with E-state index in [2.05, 4.69) is 4.72 Å². The van der Waals surface area contributed by atoms with Crippen LogP contribution in [0.4, 0.5) is 0 Å². The van der Waals surface area contributed by atoms with Gasteiger partial charge in [0.2, 0.25) is 15.9 Å². The Morgan fingerprint density at radius 2 is 1.95 bits per heavy atom. The van der Waals surface area contributed by atoms with Crippen LogP contribution in [0.5, 0.6) is 0 Å². The summed E-state index contributed by atoms with van der Waals surface area (Å²) in [5, 5.41) is 0.296. The van der Waals surface area contributed by atoms with Crippen LogP contribution in [0.1, 0.15) is 0 Å². The third-order valence-corrected chi connectivity index (χ3v) is 5.08. The number of rotatable bonds is 4. The summed E-state index contributed by atoms with van der Waals surface area (Å²) >= 11 is 11.6. The lowest BCUT2D eigenvalue weighted by atomic mass is 10.4. The second-order valence-corrected chi connectivity index (χ2v) is 6.97. The normalized spacial score (nSPS) is 16.0. The van der Waals surface area contributed by atoms with Crippen molar-refractivity contribution in [1.29, 1.82) is 0 Å². The van der Waals surface area contributed by atoms with Crippen molar-refractivity contribution in [2.75, 3.05) is 32.8 Å². The Labute approximate surface area is 133 Å². The quantitative estimate of drug-likeness (QED) is 0.881. The summed E-state index contributed by atoms with van der Waals surface area (Å²) in [6.45, 7) is 1.50. The minimum absolute atomic E-state index is 0.0470. The highest BCUT2D eigenvalue weighted by molar-refractivity contribution is 7.89. The number of amides is 1. The molecule has 0 aromatic heterocycles. The number of nitrogens with zero attached hydrogens (tertiary/aromatic N) is 1. The van der Waals surface area contributed by atoms with Crippen LogP contribution < -0.4 is 4.72 Å². The van der Waals surface area contributed by atoms with Gasteiger partial charge >= 0.3 is 0 Å². The Balaban J connectivity index is 2.04. The van der Waals surface area contributed by atoms with E-state index in [4.69, 9.17) is 27.9 Å². The largest absolute Gasteiger partial charge is 0.378 e. The number of benzene rings is 1. The molecule has 116 valence electrons. The van der Waals surface area contributed by atoms with Gasteiger partial charge in [-0.1, -0.05) is 23.2 Å². The summed E-state index contributed by atoms with van der Waals surface area (Å²) in [5.74, 6) is -0.306. The monoisotopic (exact) mass is 352 g/mol. The molecule has 9 heteroatoms. The molecule has 0 saturated carbocycles. The highest BCUT2D eigenvalue weighted by Crippen LogP contribution is 2.24. The Bertz CT molecular complexity index is 630. The molecule has 0 unspecified atom stereocenters. The second kappa shape index (κ2) is 6.93. The van der Waals surface area contributed by atoms with Crippen LogP contribution in [0.3, 0.4) is 0 Å². The van der Waals surface area contributed by atoms with Gasteiger partial charge in [0.1, 0.15) is 4.90 Å². The third kappa shape index (κ3) is 4.31. The van der Waals surface area contributed by atoms with Crippen molar-refractivity contribution in [2.45, 2.75) is 4.90 Å². The zero-order valence-electron chi connectivity index (χ0n) is 11.0. The van der Waals surface area contributed by atoms with Crippen LogP contribution in [-0.4, -0.2) is 52.1 Å². The molecule has 0 bridgehead atoms. The summed E-state index contributed by atoms with van der Waals surface area (Å²) in [4.78, 5) is 13.3. The number of ether oxygens (including phenoxy) is 1. The average molecular weight is 353 g/mol. The van der Waals surface area contributed by atoms with E-state index in [1.165, 1.54) is 18.2 Å². The fourth-order valence-corrected chi connectivity index (χ4v) is 3.58. The average Bonchev–Trinajstić information content (AvgIpc) is 2.48. The maximum absolute atomic E-state index is 12.1. The molecule has 1 fully saturated rings. The first-order chi connectivity index (χ1) is 9.90. The van der Waals surface area contributed by atoms with Gasteiger partial charge in [-0.05, 0) is 18.2 Å². The number of nitrogens with one attached hydrogen (secondary N) is 1. The maximum Gasteiger partial charge on any atom is 0.242 e. The molecule has 1 saturated heterocycles. The number of sulfonamides is 1. The van der Waals surface area contributed by atoms with Crippen molar-refractivity contribution in [1.82, 2.24) is 9.62 Å². The second-order valence-electron chi connectivity index (χ2n) is 4.39. The van der Waals surface area contributed by atoms with E-state index < -0.39 is 10.0 Å². The molecule has 0 aliphatic carbocycles. The lowest BCUT2D eigenvalue weighted by Crippen LogP contribution is -2.45. The van der Waals surface area contributed by atoms with Gasteiger partial charge in [0, 0.05) is 18.1 Å². The Hall–Kier alpha value is -0.860. The molecule has 0 radical (unpaired) electrons. The van der Waals surface area contributed by atoms with Gasteiger partial charge < -0.3 is 9.64 Å². The molecule has 1 N–H and O–H groups in total. The van der Waals surface area contributed by atoms with Crippen molar-refractivity contribution < 1.29 is 17.9 Å². The maximum atomic E-state index is 12.1. The molecule has 6 nitrogen and oxygen atoms in total. The fourth-order valence-electron chi connectivity index (χ4n) is 1.84. The van der Waals surface area contributed by atoms with Crippen LogP contribution in [0.15, 0.2) is 23.1 Å². The predicted molar refractivity (Wildman–Crippen MR) is 79.0 cm³/mol. The SMILES string of the molecule is O=C(CNS(=O)(=O)c1cc(Cl)ccc1Cl)N1CCOCC1. The molecule has 0 spiro atoms. The lowest BCUT2D eigenvalue weighted by Gasteiger charge is -2.26. The number of hydrogen-bond donors (Lipinski definition) is 1. The number of carbonyl (C=O) groups excluding carboxylic acids is 1. The van der Waals surface area contributed by atoms with Crippen LogP contribution >= 0.6 is 23.2 Å². The van der Waals surface area contributed by atoms with Gasteiger partial charge in [0.05, 0.1) is 24.8 Å². The Morgan fingerprint density at radius 3 is 2.62 bits per heavy atom. The zero-order valence-corrected chi connectivity index (χ0v) is 13.3. The first-order valence-electron chi connectivity index (χ1n) is 6.20. The van der Waals surface area contributed by atoms with Crippen molar-refractivity contribution in [2.24, 2.45) is 0 Å². The summed E-state index contributed by atoms with van der Waals surface area (Å²) in [6.07, 6.45) is 0. The molecule has 1 aliphatic rings. The van der Waals surface area contributed by atoms with E-state index in [0.29, 0.717) is 26.3 Å². The van der Waals surface area contributed by atoms with E-state index in [9.17, 15) is 13.2 Å². The summed E-state index contributed by atoms with van der Waals surface area (Å²) < 4.78 is 31.7. The molecule has 21 heavy (non-hydrogen) atoms. The van der Waals surface area contributed by atoms with Crippen LogP contribution in [0, 0.1) is 0 Å². The van der Waals surface area contributed by atoms with Crippen LogP contribution in [-0.2, 0) is 19.6 Å². The minimum atomic E-state index is -3.89. The third-order valence-electron chi connectivity index (χ3n) is 2.96. The topological polar surface area (TPSA) is 75.7 Å². The molecular weight excluding hydrogens is 339 g/mol. The van der Waals surface area contributed by atoms with Crippen molar-refractivity contribution in [3.05, 3.63) is 28.2 Å². The number of halogens is 2. The van der Waals surface area contributed by atoms with E-state index in [1.807, 2.05) is 0 Å². The Kier molecular flexibility index (Phi) is 5.45. The molecule has 1 amide bonds. The highest BCUT2D eigenvalue weighted by Gasteiger charge is 2.22. The molecule has 0 atom stereocenters. The van der Waals surface area contributed by atoms with E-state index in [0.717, 1.165) is 0 Å². The van der Waals surface area contributed by atoms with Gasteiger partial charge in [0.15, 0.2) is 0 Å². The molecule has 1 heterocycles. The molecule has 1 aromatic rings. The molecule has 2 rings (SSSR count). The first-order valence-corrected chi connectivity index (χ1v) is 8.44. The Morgan fingerprint density at radius 1 is 1.29 bits per heavy atom. The first kappa shape index (κ1) is 16.5. The van der Waals surface area contributed by atoms with Gasteiger partial charge in [-0.3, -0.25) is 4.79 Å². The lowest BCUT2D eigenvalue weighted by molar-refractivity contribution is -0.133. The van der Waals surface area contributed by atoms with Crippen LogP contribution in [0.2, 0.25) is 10.0 Å². The minimum Gasteiger partial charge on any atom is -0.378 e. The molecule has 1 aliphatic heterocycles. The van der Waals surface area contributed by atoms with Gasteiger partial charge in [-0.25, -0.2) is 13.1 Å².